The van der Waals surface area contributed by atoms with Crippen molar-refractivity contribution in [1.29, 1.82) is 0 Å². The number of rotatable bonds is 2. The Hall–Kier alpha value is -1.62. The Morgan fingerprint density at radius 3 is 2.88 bits per heavy atom. The summed E-state index contributed by atoms with van der Waals surface area (Å²) in [5.41, 5.74) is 0.807. The topological polar surface area (TPSA) is 65.5 Å². The van der Waals surface area contributed by atoms with Crippen LogP contribution in [0.2, 0.25) is 0 Å². The summed E-state index contributed by atoms with van der Waals surface area (Å²) in [6.45, 7) is 1.28. The molecule has 2 fully saturated rings. The van der Waals surface area contributed by atoms with Crippen LogP contribution in [0.5, 0.6) is 0 Å². The van der Waals surface area contributed by atoms with Gasteiger partial charge in [0.25, 0.3) is 0 Å². The van der Waals surface area contributed by atoms with Crippen LogP contribution in [-0.4, -0.2) is 29.2 Å². The highest BCUT2D eigenvalue weighted by atomic mass is 16.3. The predicted octanol–water partition coefficient (Wildman–Crippen LogP) is 0.983. The van der Waals surface area contributed by atoms with Gasteiger partial charge in [-0.3, -0.25) is 9.88 Å². The molecule has 1 aromatic rings. The van der Waals surface area contributed by atoms with Crippen molar-refractivity contribution in [3.8, 4) is 0 Å². The Kier molecular flexibility index (Phi) is 2.29. The van der Waals surface area contributed by atoms with Gasteiger partial charge in [-0.2, -0.15) is 0 Å². The van der Waals surface area contributed by atoms with Crippen LogP contribution in [0.15, 0.2) is 18.5 Å². The van der Waals surface area contributed by atoms with E-state index in [2.05, 4.69) is 10.3 Å². The highest BCUT2D eigenvalue weighted by Gasteiger charge is 2.40. The van der Waals surface area contributed by atoms with Gasteiger partial charge in [-0.05, 0) is 25.3 Å². The minimum Gasteiger partial charge on any atom is -0.385 e. The highest BCUT2D eigenvalue weighted by molar-refractivity contribution is 5.94. The van der Waals surface area contributed by atoms with E-state index in [-0.39, 0.29) is 6.03 Å². The molecule has 0 spiro atoms. The Balaban J connectivity index is 2.01. The Morgan fingerprint density at radius 1 is 1.47 bits per heavy atom. The lowest BCUT2D eigenvalue weighted by Gasteiger charge is -2.39. The van der Waals surface area contributed by atoms with Crippen LogP contribution in [0.1, 0.15) is 24.8 Å². The van der Waals surface area contributed by atoms with Gasteiger partial charge in [-0.25, -0.2) is 4.79 Å². The van der Waals surface area contributed by atoms with E-state index < -0.39 is 5.60 Å². The van der Waals surface area contributed by atoms with Gasteiger partial charge in [0.15, 0.2) is 0 Å². The number of urea groups is 1. The molecule has 90 valence electrons. The van der Waals surface area contributed by atoms with Crippen molar-refractivity contribution in [2.45, 2.75) is 24.9 Å². The van der Waals surface area contributed by atoms with E-state index in [4.69, 9.17) is 0 Å². The molecule has 1 saturated heterocycles. The van der Waals surface area contributed by atoms with Crippen molar-refractivity contribution in [1.82, 2.24) is 10.3 Å². The van der Waals surface area contributed by atoms with Crippen molar-refractivity contribution in [2.75, 3.05) is 18.0 Å². The Labute approximate surface area is 99.5 Å². The second kappa shape index (κ2) is 3.70. The first kappa shape index (κ1) is 10.5. The molecule has 5 heteroatoms. The van der Waals surface area contributed by atoms with Gasteiger partial charge in [0.05, 0.1) is 17.5 Å². The first-order valence-electron chi connectivity index (χ1n) is 5.93. The number of hydrogen-bond acceptors (Lipinski definition) is 3. The SMILES string of the molecule is O=C1NCCN1c1cnccc1C1(O)CCC1. The van der Waals surface area contributed by atoms with Gasteiger partial charge < -0.3 is 10.4 Å². The van der Waals surface area contributed by atoms with E-state index in [0.717, 1.165) is 30.5 Å². The minimum absolute atomic E-state index is 0.109. The maximum Gasteiger partial charge on any atom is 0.322 e. The van der Waals surface area contributed by atoms with E-state index in [9.17, 15) is 9.90 Å². The molecule has 0 radical (unpaired) electrons. The summed E-state index contributed by atoms with van der Waals surface area (Å²) in [5, 5.41) is 13.2. The van der Waals surface area contributed by atoms with E-state index in [1.165, 1.54) is 0 Å². The maximum atomic E-state index is 11.7. The largest absolute Gasteiger partial charge is 0.385 e. The van der Waals surface area contributed by atoms with E-state index in [1.807, 2.05) is 6.07 Å². The maximum absolute atomic E-state index is 11.7. The third kappa shape index (κ3) is 1.58. The molecule has 0 unspecified atom stereocenters. The number of nitrogens with one attached hydrogen (secondary N) is 1. The fourth-order valence-corrected chi connectivity index (χ4v) is 2.48. The van der Waals surface area contributed by atoms with Crippen molar-refractivity contribution in [2.24, 2.45) is 0 Å². The lowest BCUT2D eigenvalue weighted by atomic mass is 9.75. The van der Waals surface area contributed by atoms with Gasteiger partial charge in [0, 0.05) is 24.8 Å². The molecule has 17 heavy (non-hydrogen) atoms. The number of carbonyl (C=O) groups is 1. The lowest BCUT2D eigenvalue weighted by molar-refractivity contribution is -0.0383. The van der Waals surface area contributed by atoms with Crippen LogP contribution in [0.4, 0.5) is 10.5 Å². The van der Waals surface area contributed by atoms with Gasteiger partial charge in [-0.15, -0.1) is 0 Å². The molecule has 1 saturated carbocycles. The first-order chi connectivity index (χ1) is 8.21. The second-order valence-electron chi connectivity index (χ2n) is 4.66. The van der Waals surface area contributed by atoms with Crippen LogP contribution < -0.4 is 10.2 Å². The number of anilines is 1. The Bertz CT molecular complexity index is 457. The van der Waals surface area contributed by atoms with Crippen LogP contribution in [0.3, 0.4) is 0 Å². The number of pyridine rings is 1. The number of nitrogens with zero attached hydrogens (tertiary/aromatic N) is 2. The van der Waals surface area contributed by atoms with Gasteiger partial charge in [-0.1, -0.05) is 0 Å². The molecular formula is C12H15N3O2. The summed E-state index contributed by atoms with van der Waals surface area (Å²) in [7, 11) is 0. The quantitative estimate of drug-likeness (QED) is 0.800. The van der Waals surface area contributed by atoms with E-state index >= 15 is 0 Å². The summed E-state index contributed by atoms with van der Waals surface area (Å²) in [5.74, 6) is 0. The predicted molar refractivity (Wildman–Crippen MR) is 62.7 cm³/mol. The summed E-state index contributed by atoms with van der Waals surface area (Å²) in [4.78, 5) is 17.4. The molecular weight excluding hydrogens is 218 g/mol. The molecule has 0 bridgehead atoms. The van der Waals surface area contributed by atoms with Crippen molar-refractivity contribution in [3.63, 3.8) is 0 Å². The first-order valence-corrected chi connectivity index (χ1v) is 5.93. The zero-order valence-corrected chi connectivity index (χ0v) is 9.52. The number of aromatic nitrogens is 1. The average molecular weight is 233 g/mol. The number of carbonyl (C=O) groups excluding carboxylic acids is 1. The fraction of sp³-hybridized carbons (Fsp3) is 0.500. The highest BCUT2D eigenvalue weighted by Crippen LogP contribution is 2.44. The summed E-state index contributed by atoms with van der Waals surface area (Å²) >= 11 is 0. The second-order valence-corrected chi connectivity index (χ2v) is 4.66. The molecule has 3 rings (SSSR count). The number of hydrogen-bond donors (Lipinski definition) is 2. The monoisotopic (exact) mass is 233 g/mol. The molecule has 5 nitrogen and oxygen atoms in total. The molecule has 2 amide bonds. The van der Waals surface area contributed by atoms with Crippen molar-refractivity contribution < 1.29 is 9.90 Å². The van der Waals surface area contributed by atoms with Crippen LogP contribution >= 0.6 is 0 Å². The van der Waals surface area contributed by atoms with Gasteiger partial charge >= 0.3 is 6.03 Å². The van der Waals surface area contributed by atoms with E-state index in [0.29, 0.717) is 13.1 Å². The molecule has 2 heterocycles. The lowest BCUT2D eigenvalue weighted by Crippen LogP contribution is -2.37. The fourth-order valence-electron chi connectivity index (χ4n) is 2.48. The minimum atomic E-state index is -0.763. The normalized spacial score (nSPS) is 22.2. The molecule has 2 N–H and O–H groups in total. The van der Waals surface area contributed by atoms with Crippen molar-refractivity contribution >= 4 is 11.7 Å². The van der Waals surface area contributed by atoms with Crippen LogP contribution in [-0.2, 0) is 5.60 Å². The summed E-state index contributed by atoms with van der Waals surface area (Å²) in [6, 6.07) is 1.71. The van der Waals surface area contributed by atoms with Crippen molar-refractivity contribution in [3.05, 3.63) is 24.0 Å². The molecule has 1 aliphatic carbocycles. The number of amides is 2. The molecule has 0 aromatic carbocycles. The van der Waals surface area contributed by atoms with Crippen LogP contribution in [0.25, 0.3) is 0 Å². The zero-order valence-electron chi connectivity index (χ0n) is 9.52. The molecule has 1 aliphatic heterocycles. The smallest absolute Gasteiger partial charge is 0.322 e. The third-order valence-electron chi connectivity index (χ3n) is 3.63. The summed E-state index contributed by atoms with van der Waals surface area (Å²) < 4.78 is 0. The number of aliphatic hydroxyl groups is 1. The molecule has 2 aliphatic rings. The third-order valence-corrected chi connectivity index (χ3v) is 3.63. The summed E-state index contributed by atoms with van der Waals surface area (Å²) in [6.07, 6.45) is 5.89. The van der Waals surface area contributed by atoms with Gasteiger partial charge in [0.2, 0.25) is 0 Å². The van der Waals surface area contributed by atoms with Gasteiger partial charge in [0.1, 0.15) is 0 Å². The Morgan fingerprint density at radius 2 is 2.29 bits per heavy atom. The standard InChI is InChI=1S/C12H15N3O2/c16-11-14-6-7-15(11)10-8-13-5-2-9(10)12(17)3-1-4-12/h2,5,8,17H,1,3-4,6-7H2,(H,14,16). The molecule has 0 atom stereocenters. The zero-order chi connectivity index (χ0) is 11.9. The average Bonchev–Trinajstić information content (AvgIpc) is 2.72. The van der Waals surface area contributed by atoms with Crippen LogP contribution in [0, 0.1) is 0 Å². The molecule has 1 aromatic heterocycles. The van der Waals surface area contributed by atoms with E-state index in [1.54, 1.807) is 17.3 Å².